The average molecular weight is 404 g/mol. The number of rotatable bonds is 7. The quantitative estimate of drug-likeness (QED) is 0.533. The van der Waals surface area contributed by atoms with Crippen LogP contribution in [0, 0.1) is 5.41 Å². The molecule has 2 N–H and O–H groups in total. The van der Waals surface area contributed by atoms with Gasteiger partial charge in [0.1, 0.15) is 0 Å². The number of hydrogen-bond acceptors (Lipinski definition) is 7. The molecule has 0 radical (unpaired) electrons. The third-order valence-electron chi connectivity index (χ3n) is 4.18. The maximum atomic E-state index is 12.3. The van der Waals surface area contributed by atoms with Crippen molar-refractivity contribution in [3.63, 3.8) is 0 Å². The lowest BCUT2D eigenvalue weighted by atomic mass is 9.96. The van der Waals surface area contributed by atoms with E-state index in [1.807, 2.05) is 0 Å². The van der Waals surface area contributed by atoms with Gasteiger partial charge < -0.3 is 10.2 Å². The molecule has 1 aliphatic heterocycles. The number of carbonyl (C=O) groups is 1. The van der Waals surface area contributed by atoms with Crippen molar-refractivity contribution in [2.45, 2.75) is 57.2 Å². The Balaban J connectivity index is 1.81. The second-order valence-corrected chi connectivity index (χ2v) is 10.5. The van der Waals surface area contributed by atoms with Gasteiger partial charge in [-0.15, -0.1) is 10.2 Å². The number of hydrogen-bond donors (Lipinski definition) is 2. The molecule has 10 heteroatoms. The molecule has 1 fully saturated rings. The van der Waals surface area contributed by atoms with Crippen LogP contribution in [0.5, 0.6) is 0 Å². The zero-order chi connectivity index (χ0) is 19.2. The summed E-state index contributed by atoms with van der Waals surface area (Å²) in [6, 6.07) is 0. The Kier molecular flexibility index (Phi) is 7.51. The highest BCUT2D eigenvalue weighted by Crippen LogP contribution is 2.22. The zero-order valence-corrected chi connectivity index (χ0v) is 17.4. The van der Waals surface area contributed by atoms with Gasteiger partial charge >= 0.3 is 0 Å². The molecule has 2 heterocycles. The third-order valence-corrected chi connectivity index (χ3v) is 6.85. The molecule has 0 aromatic carbocycles. The van der Waals surface area contributed by atoms with Crippen LogP contribution in [0.1, 0.15) is 52.9 Å². The summed E-state index contributed by atoms with van der Waals surface area (Å²) in [6.07, 6.45) is 5.77. The van der Waals surface area contributed by atoms with Crippen LogP contribution >= 0.6 is 11.3 Å². The number of anilines is 1. The second-order valence-electron chi connectivity index (χ2n) is 7.58. The van der Waals surface area contributed by atoms with Crippen LogP contribution in [0.3, 0.4) is 0 Å². The fraction of sp³-hybridized carbons (Fsp3) is 0.812. The van der Waals surface area contributed by atoms with Crippen molar-refractivity contribution < 1.29 is 13.2 Å². The molecule has 0 saturated carbocycles. The number of aromatic nitrogens is 2. The SMILES string of the molecule is CC(C)(C)C(=O)Nc1nnc(S(=O)(=O)NCCCN2CCCCCC2)s1. The number of carbonyl (C=O) groups excluding carboxylic acids is 1. The minimum atomic E-state index is -3.70. The molecule has 1 aromatic rings. The van der Waals surface area contributed by atoms with Crippen molar-refractivity contribution in [1.82, 2.24) is 19.8 Å². The Morgan fingerprint density at radius 2 is 1.81 bits per heavy atom. The number of nitrogens with zero attached hydrogens (tertiary/aromatic N) is 3. The summed E-state index contributed by atoms with van der Waals surface area (Å²) < 4.78 is 27.0. The molecule has 26 heavy (non-hydrogen) atoms. The van der Waals surface area contributed by atoms with Gasteiger partial charge in [0.05, 0.1) is 0 Å². The summed E-state index contributed by atoms with van der Waals surface area (Å²) >= 11 is 0.858. The molecule has 2 rings (SSSR count). The van der Waals surface area contributed by atoms with Gasteiger partial charge in [0.2, 0.25) is 15.4 Å². The van der Waals surface area contributed by atoms with Crippen LogP contribution in [0.25, 0.3) is 0 Å². The number of sulfonamides is 1. The minimum Gasteiger partial charge on any atom is -0.303 e. The third kappa shape index (κ3) is 6.57. The second kappa shape index (κ2) is 9.20. The van der Waals surface area contributed by atoms with Gasteiger partial charge in [-0.1, -0.05) is 44.9 Å². The fourth-order valence-corrected chi connectivity index (χ4v) is 4.59. The minimum absolute atomic E-state index is 0.128. The highest BCUT2D eigenvalue weighted by atomic mass is 32.2. The van der Waals surface area contributed by atoms with Gasteiger partial charge in [0.15, 0.2) is 0 Å². The topological polar surface area (TPSA) is 104 Å². The maximum Gasteiger partial charge on any atom is 0.269 e. The molecule has 8 nitrogen and oxygen atoms in total. The molecule has 0 unspecified atom stereocenters. The van der Waals surface area contributed by atoms with Gasteiger partial charge in [-0.25, -0.2) is 13.1 Å². The molecule has 1 aromatic heterocycles. The van der Waals surface area contributed by atoms with Gasteiger partial charge in [-0.2, -0.15) is 0 Å². The van der Waals surface area contributed by atoms with E-state index in [2.05, 4.69) is 25.1 Å². The first kappa shape index (κ1) is 21.2. The van der Waals surface area contributed by atoms with Gasteiger partial charge in [-0.05, 0) is 38.9 Å². The van der Waals surface area contributed by atoms with E-state index in [-0.39, 0.29) is 15.4 Å². The standard InChI is InChI=1S/C16H29N5O3S2/c1-16(2,3)13(22)18-14-19-20-15(25-14)26(23,24)17-9-8-12-21-10-6-4-5-7-11-21/h17H,4-12H2,1-3H3,(H,18,19,22). The monoisotopic (exact) mass is 403 g/mol. The van der Waals surface area contributed by atoms with Crippen LogP contribution in [-0.2, 0) is 14.8 Å². The van der Waals surface area contributed by atoms with E-state index < -0.39 is 15.4 Å². The Hall–Kier alpha value is -1.10. The number of likely N-dealkylation sites (tertiary alicyclic amines) is 1. The highest BCUT2D eigenvalue weighted by Gasteiger charge is 2.25. The summed E-state index contributed by atoms with van der Waals surface area (Å²) in [4.78, 5) is 14.3. The van der Waals surface area contributed by atoms with Crippen LogP contribution in [0.15, 0.2) is 4.34 Å². The summed E-state index contributed by atoms with van der Waals surface area (Å²) in [7, 11) is -3.70. The molecule has 0 spiro atoms. The first-order valence-corrected chi connectivity index (χ1v) is 11.4. The van der Waals surface area contributed by atoms with E-state index in [0.29, 0.717) is 6.54 Å². The van der Waals surface area contributed by atoms with Crippen LogP contribution in [-0.4, -0.2) is 55.6 Å². The lowest BCUT2D eigenvalue weighted by Gasteiger charge is -2.19. The summed E-state index contributed by atoms with van der Waals surface area (Å²) in [6.45, 7) is 8.76. The van der Waals surface area contributed by atoms with Crippen LogP contribution < -0.4 is 10.0 Å². The van der Waals surface area contributed by atoms with E-state index in [9.17, 15) is 13.2 Å². The Morgan fingerprint density at radius 3 is 2.42 bits per heavy atom. The molecular formula is C16H29N5O3S2. The predicted molar refractivity (Wildman–Crippen MR) is 103 cm³/mol. The predicted octanol–water partition coefficient (Wildman–Crippen LogP) is 2.07. The summed E-state index contributed by atoms with van der Waals surface area (Å²) in [5.74, 6) is -0.233. The first-order chi connectivity index (χ1) is 12.2. The Bertz CT molecular complexity index is 689. The van der Waals surface area contributed by atoms with Crippen molar-refractivity contribution >= 4 is 32.4 Å². The van der Waals surface area contributed by atoms with Gasteiger partial charge in [-0.3, -0.25) is 4.79 Å². The molecule has 0 bridgehead atoms. The lowest BCUT2D eigenvalue weighted by molar-refractivity contribution is -0.123. The summed E-state index contributed by atoms with van der Waals surface area (Å²) in [5, 5.41) is 10.2. The van der Waals surface area contributed by atoms with E-state index >= 15 is 0 Å². The highest BCUT2D eigenvalue weighted by molar-refractivity contribution is 7.91. The Morgan fingerprint density at radius 1 is 1.15 bits per heavy atom. The van der Waals surface area contributed by atoms with Gasteiger partial charge in [0, 0.05) is 12.0 Å². The van der Waals surface area contributed by atoms with Crippen molar-refractivity contribution in [2.24, 2.45) is 5.41 Å². The van der Waals surface area contributed by atoms with Gasteiger partial charge in [0.25, 0.3) is 10.0 Å². The normalized spacial score (nSPS) is 17.0. The largest absolute Gasteiger partial charge is 0.303 e. The van der Waals surface area contributed by atoms with Crippen LogP contribution in [0.2, 0.25) is 0 Å². The van der Waals surface area contributed by atoms with E-state index in [1.165, 1.54) is 25.7 Å². The van der Waals surface area contributed by atoms with E-state index in [1.54, 1.807) is 20.8 Å². The number of amides is 1. The Labute approximate surface area is 159 Å². The van der Waals surface area contributed by atoms with Crippen LogP contribution in [0.4, 0.5) is 5.13 Å². The van der Waals surface area contributed by atoms with Crippen molar-refractivity contribution in [1.29, 1.82) is 0 Å². The van der Waals surface area contributed by atoms with Crippen molar-refractivity contribution in [3.05, 3.63) is 0 Å². The smallest absolute Gasteiger partial charge is 0.269 e. The fourth-order valence-electron chi connectivity index (χ4n) is 2.58. The average Bonchev–Trinajstić information content (AvgIpc) is 2.87. The molecule has 148 valence electrons. The first-order valence-electron chi connectivity index (χ1n) is 9.05. The van der Waals surface area contributed by atoms with Crippen molar-refractivity contribution in [3.8, 4) is 0 Å². The van der Waals surface area contributed by atoms with E-state index in [0.717, 1.165) is 37.4 Å². The molecule has 1 amide bonds. The van der Waals surface area contributed by atoms with Crippen molar-refractivity contribution in [2.75, 3.05) is 31.5 Å². The maximum absolute atomic E-state index is 12.3. The molecule has 0 aliphatic carbocycles. The zero-order valence-electron chi connectivity index (χ0n) is 15.7. The molecular weight excluding hydrogens is 374 g/mol. The number of nitrogens with one attached hydrogen (secondary N) is 2. The lowest BCUT2D eigenvalue weighted by Crippen LogP contribution is -2.30. The molecule has 1 saturated heterocycles. The summed E-state index contributed by atoms with van der Waals surface area (Å²) in [5.41, 5.74) is -0.587. The molecule has 0 atom stereocenters. The molecule has 1 aliphatic rings. The van der Waals surface area contributed by atoms with E-state index in [4.69, 9.17) is 0 Å².